The maximum atomic E-state index is 3.57. The Bertz CT molecular complexity index is 177. The first-order valence-electron chi connectivity index (χ1n) is 3.99. The normalized spacial score (nSPS) is 75.3. The molecular formula is C8H13N. The van der Waals surface area contributed by atoms with Crippen molar-refractivity contribution in [3.8, 4) is 0 Å². The average molecular weight is 123 g/mol. The Kier molecular flexibility index (Phi) is 0.508. The zero-order valence-electron chi connectivity index (χ0n) is 6.02. The highest BCUT2D eigenvalue weighted by atomic mass is 15.2. The molecule has 2 saturated carbocycles. The van der Waals surface area contributed by atoms with Crippen molar-refractivity contribution in [1.29, 1.82) is 0 Å². The standard InChI is InChI=1S/C8H13N/c1-4-6-5-3-8(5,2)7(6)9-4/h4-7,9H,3H2,1-2H3. The minimum absolute atomic E-state index is 0.775. The molecular weight excluding hydrogens is 110 g/mol. The third-order valence-electron chi connectivity index (χ3n) is 3.93. The van der Waals surface area contributed by atoms with Gasteiger partial charge < -0.3 is 5.32 Å². The SMILES string of the molecule is CC1NC2C1C1CC12C. The first kappa shape index (κ1) is 4.73. The predicted molar refractivity (Wildman–Crippen MR) is 36.1 cm³/mol. The van der Waals surface area contributed by atoms with Crippen LogP contribution in [0.4, 0.5) is 0 Å². The van der Waals surface area contributed by atoms with E-state index in [1.165, 1.54) is 6.42 Å². The van der Waals surface area contributed by atoms with E-state index in [-0.39, 0.29) is 0 Å². The van der Waals surface area contributed by atoms with Crippen LogP contribution in [-0.4, -0.2) is 12.1 Å². The van der Waals surface area contributed by atoms with Crippen molar-refractivity contribution >= 4 is 0 Å². The van der Waals surface area contributed by atoms with E-state index >= 15 is 0 Å². The van der Waals surface area contributed by atoms with E-state index in [0.717, 1.165) is 29.3 Å². The number of hydrogen-bond donors (Lipinski definition) is 1. The van der Waals surface area contributed by atoms with Crippen molar-refractivity contribution < 1.29 is 0 Å². The maximum Gasteiger partial charge on any atom is 0.0172 e. The second-order valence-electron chi connectivity index (χ2n) is 4.33. The second kappa shape index (κ2) is 0.968. The monoisotopic (exact) mass is 123 g/mol. The van der Waals surface area contributed by atoms with Crippen LogP contribution >= 0.6 is 0 Å². The molecule has 1 aliphatic heterocycles. The van der Waals surface area contributed by atoms with Crippen LogP contribution in [0.2, 0.25) is 0 Å². The topological polar surface area (TPSA) is 12.0 Å². The fraction of sp³-hybridized carbons (Fsp3) is 1.00. The van der Waals surface area contributed by atoms with Gasteiger partial charge in [-0.25, -0.2) is 0 Å². The van der Waals surface area contributed by atoms with E-state index in [1.54, 1.807) is 0 Å². The molecule has 2 aliphatic carbocycles. The molecule has 0 spiro atoms. The molecule has 3 fully saturated rings. The van der Waals surface area contributed by atoms with Crippen molar-refractivity contribution in [2.75, 3.05) is 0 Å². The lowest BCUT2D eigenvalue weighted by atomic mass is 9.61. The highest BCUT2D eigenvalue weighted by Gasteiger charge is 2.75. The highest BCUT2D eigenvalue weighted by molar-refractivity contribution is 5.28. The van der Waals surface area contributed by atoms with Gasteiger partial charge in [0, 0.05) is 12.1 Å². The summed E-state index contributed by atoms with van der Waals surface area (Å²) in [4.78, 5) is 0. The Morgan fingerprint density at radius 2 is 2.33 bits per heavy atom. The summed E-state index contributed by atoms with van der Waals surface area (Å²) in [7, 11) is 0. The summed E-state index contributed by atoms with van der Waals surface area (Å²) in [6, 6.07) is 1.77. The molecule has 3 rings (SSSR count). The molecule has 50 valence electrons. The molecule has 1 heterocycles. The minimum atomic E-state index is 0.775. The lowest BCUT2D eigenvalue weighted by molar-refractivity contribution is -0.0155. The first-order valence-corrected chi connectivity index (χ1v) is 3.99. The molecule has 5 atom stereocenters. The fourth-order valence-electron chi connectivity index (χ4n) is 3.12. The van der Waals surface area contributed by atoms with E-state index in [2.05, 4.69) is 19.2 Å². The van der Waals surface area contributed by atoms with Crippen LogP contribution in [0.25, 0.3) is 0 Å². The smallest absolute Gasteiger partial charge is 0.0172 e. The number of fused-ring (bicyclic) bond motifs is 4. The third-order valence-corrected chi connectivity index (χ3v) is 3.93. The summed E-state index contributed by atoms with van der Waals surface area (Å²) in [6.07, 6.45) is 1.51. The molecule has 1 N–H and O–H groups in total. The first-order chi connectivity index (χ1) is 4.23. The van der Waals surface area contributed by atoms with Gasteiger partial charge in [-0.1, -0.05) is 6.92 Å². The van der Waals surface area contributed by atoms with Crippen LogP contribution in [-0.2, 0) is 0 Å². The van der Waals surface area contributed by atoms with Gasteiger partial charge >= 0.3 is 0 Å². The van der Waals surface area contributed by atoms with E-state index < -0.39 is 0 Å². The van der Waals surface area contributed by atoms with Crippen molar-refractivity contribution in [2.24, 2.45) is 17.3 Å². The largest absolute Gasteiger partial charge is 0.310 e. The molecule has 0 amide bonds. The van der Waals surface area contributed by atoms with Gasteiger partial charge in [0.2, 0.25) is 0 Å². The van der Waals surface area contributed by atoms with Crippen LogP contribution in [0.1, 0.15) is 20.3 Å². The molecule has 1 nitrogen and oxygen atoms in total. The predicted octanol–water partition coefficient (Wildman–Crippen LogP) is 1.00. The maximum absolute atomic E-state index is 3.57. The molecule has 0 aromatic carbocycles. The summed E-state index contributed by atoms with van der Waals surface area (Å²) in [5.41, 5.74) is 0.775. The summed E-state index contributed by atoms with van der Waals surface area (Å²) in [5, 5.41) is 3.57. The lowest BCUT2D eigenvalue weighted by Crippen LogP contribution is -2.70. The van der Waals surface area contributed by atoms with Crippen LogP contribution in [0.3, 0.4) is 0 Å². The Morgan fingerprint density at radius 1 is 1.56 bits per heavy atom. The van der Waals surface area contributed by atoms with E-state index in [1.807, 2.05) is 0 Å². The molecule has 1 heteroatoms. The van der Waals surface area contributed by atoms with Gasteiger partial charge in [-0.05, 0) is 30.6 Å². The van der Waals surface area contributed by atoms with E-state index in [9.17, 15) is 0 Å². The molecule has 1 saturated heterocycles. The Hall–Kier alpha value is -0.0400. The van der Waals surface area contributed by atoms with Crippen molar-refractivity contribution in [1.82, 2.24) is 5.32 Å². The van der Waals surface area contributed by atoms with Crippen molar-refractivity contribution in [2.45, 2.75) is 32.4 Å². The lowest BCUT2D eigenvalue weighted by Gasteiger charge is -2.57. The Morgan fingerprint density at radius 3 is 2.78 bits per heavy atom. The zero-order chi connectivity index (χ0) is 6.22. The molecule has 0 aromatic heterocycles. The zero-order valence-corrected chi connectivity index (χ0v) is 6.02. The van der Waals surface area contributed by atoms with Gasteiger partial charge in [0.25, 0.3) is 0 Å². The summed E-state index contributed by atoms with van der Waals surface area (Å²) in [5.74, 6) is 2.20. The van der Waals surface area contributed by atoms with Gasteiger partial charge in [0.05, 0.1) is 0 Å². The van der Waals surface area contributed by atoms with Gasteiger partial charge in [-0.3, -0.25) is 0 Å². The molecule has 0 aromatic rings. The van der Waals surface area contributed by atoms with Gasteiger partial charge in [0.15, 0.2) is 0 Å². The molecule has 3 aliphatic rings. The molecule has 0 bridgehead atoms. The van der Waals surface area contributed by atoms with Crippen molar-refractivity contribution in [3.63, 3.8) is 0 Å². The van der Waals surface area contributed by atoms with Crippen molar-refractivity contribution in [3.05, 3.63) is 0 Å². The third kappa shape index (κ3) is 0.295. The molecule has 9 heavy (non-hydrogen) atoms. The molecule has 5 unspecified atom stereocenters. The molecule has 0 radical (unpaired) electrons. The quantitative estimate of drug-likeness (QED) is 0.506. The number of rotatable bonds is 0. The summed E-state index contributed by atoms with van der Waals surface area (Å²) >= 11 is 0. The number of piperidine rings is 1. The van der Waals surface area contributed by atoms with E-state index in [4.69, 9.17) is 0 Å². The van der Waals surface area contributed by atoms with Crippen LogP contribution in [0.15, 0.2) is 0 Å². The van der Waals surface area contributed by atoms with Crippen LogP contribution in [0, 0.1) is 17.3 Å². The van der Waals surface area contributed by atoms with Gasteiger partial charge in [0.1, 0.15) is 0 Å². The fourth-order valence-corrected chi connectivity index (χ4v) is 3.12. The summed E-state index contributed by atoms with van der Waals surface area (Å²) < 4.78 is 0. The minimum Gasteiger partial charge on any atom is -0.310 e. The Labute approximate surface area is 55.8 Å². The van der Waals surface area contributed by atoms with Crippen LogP contribution < -0.4 is 5.32 Å². The van der Waals surface area contributed by atoms with E-state index in [0.29, 0.717) is 0 Å². The van der Waals surface area contributed by atoms with Crippen LogP contribution in [0.5, 0.6) is 0 Å². The average Bonchev–Trinajstić information content (AvgIpc) is 2.31. The number of hydrogen-bond acceptors (Lipinski definition) is 1. The second-order valence-corrected chi connectivity index (χ2v) is 4.33. The summed E-state index contributed by atoms with van der Waals surface area (Å²) in [6.45, 7) is 4.75. The van der Waals surface area contributed by atoms with Gasteiger partial charge in [-0.15, -0.1) is 0 Å². The Balaban J connectivity index is 1.90. The van der Waals surface area contributed by atoms with Gasteiger partial charge in [-0.2, -0.15) is 0 Å². The number of nitrogens with one attached hydrogen (secondary N) is 1. The highest BCUT2D eigenvalue weighted by Crippen LogP contribution is 2.74.